The van der Waals surface area contributed by atoms with E-state index in [0.717, 1.165) is 53.2 Å². The van der Waals surface area contributed by atoms with Gasteiger partial charge in [0.2, 0.25) is 0 Å². The van der Waals surface area contributed by atoms with Crippen LogP contribution in [0, 0.1) is 13.8 Å². The van der Waals surface area contributed by atoms with Gasteiger partial charge in [0.15, 0.2) is 6.29 Å². The summed E-state index contributed by atoms with van der Waals surface area (Å²) in [6.07, 6.45) is 1.88. The van der Waals surface area contributed by atoms with Crippen LogP contribution in [0.15, 0.2) is 30.3 Å². The summed E-state index contributed by atoms with van der Waals surface area (Å²) in [7, 11) is 0. The minimum atomic E-state index is 0.510. The number of aldehydes is 1. The van der Waals surface area contributed by atoms with Crippen LogP contribution in [0.1, 0.15) is 45.5 Å². The first-order valence-corrected chi connectivity index (χ1v) is 8.51. The van der Waals surface area contributed by atoms with Crippen LogP contribution in [0.5, 0.6) is 0 Å². The van der Waals surface area contributed by atoms with E-state index in [4.69, 9.17) is 11.6 Å². The molecule has 0 bridgehead atoms. The van der Waals surface area contributed by atoms with Crippen molar-refractivity contribution >= 4 is 23.6 Å². The second-order valence-electron chi connectivity index (χ2n) is 6.39. The van der Waals surface area contributed by atoms with Gasteiger partial charge >= 0.3 is 0 Å². The van der Waals surface area contributed by atoms with E-state index in [1.807, 2.05) is 19.1 Å². The number of hydrogen-bond acceptors (Lipinski definition) is 2. The zero-order valence-electron chi connectivity index (χ0n) is 13.9. The predicted octanol–water partition coefficient (Wildman–Crippen LogP) is 4.94. The summed E-state index contributed by atoms with van der Waals surface area (Å²) in [6, 6.07) is 10.4. The molecule has 2 aromatic carbocycles. The summed E-state index contributed by atoms with van der Waals surface area (Å²) in [5.41, 5.74) is 6.81. The summed E-state index contributed by atoms with van der Waals surface area (Å²) < 4.78 is 0. The predicted molar refractivity (Wildman–Crippen MR) is 97.1 cm³/mol. The molecule has 3 rings (SSSR count). The number of rotatable bonds is 4. The average Bonchev–Trinajstić information content (AvgIpc) is 2.48. The van der Waals surface area contributed by atoms with Gasteiger partial charge in [-0.25, -0.2) is 0 Å². The number of carbonyl (C=O) groups excluding carboxylic acids is 1. The van der Waals surface area contributed by atoms with Crippen molar-refractivity contribution in [2.75, 3.05) is 18.0 Å². The molecule has 1 fully saturated rings. The molecule has 1 heterocycles. The van der Waals surface area contributed by atoms with E-state index in [1.54, 1.807) is 0 Å². The molecule has 0 spiro atoms. The van der Waals surface area contributed by atoms with E-state index in [9.17, 15) is 4.79 Å². The maximum absolute atomic E-state index is 11.3. The fourth-order valence-electron chi connectivity index (χ4n) is 3.49. The van der Waals surface area contributed by atoms with Crippen molar-refractivity contribution in [3.8, 4) is 0 Å². The van der Waals surface area contributed by atoms with Crippen molar-refractivity contribution in [1.82, 2.24) is 0 Å². The minimum absolute atomic E-state index is 0.510. The molecule has 120 valence electrons. The van der Waals surface area contributed by atoms with Crippen molar-refractivity contribution in [2.45, 2.75) is 33.1 Å². The van der Waals surface area contributed by atoms with Gasteiger partial charge in [0.05, 0.1) is 10.7 Å². The lowest BCUT2D eigenvalue weighted by atomic mass is 9.86. The van der Waals surface area contributed by atoms with Crippen LogP contribution in [0.4, 0.5) is 5.69 Å². The fourth-order valence-corrected chi connectivity index (χ4v) is 3.84. The third-order valence-corrected chi connectivity index (χ3v) is 5.16. The molecule has 1 aliphatic heterocycles. The Morgan fingerprint density at radius 1 is 1.22 bits per heavy atom. The minimum Gasteiger partial charge on any atom is -0.369 e. The summed E-state index contributed by atoms with van der Waals surface area (Å²) >= 11 is 6.36. The number of carbonyl (C=O) groups is 1. The second kappa shape index (κ2) is 6.37. The number of aryl methyl sites for hydroxylation is 3. The molecule has 3 heteroatoms. The van der Waals surface area contributed by atoms with Gasteiger partial charge in [-0.15, -0.1) is 0 Å². The zero-order valence-corrected chi connectivity index (χ0v) is 14.7. The Morgan fingerprint density at radius 3 is 2.57 bits per heavy atom. The first-order valence-electron chi connectivity index (χ1n) is 8.13. The molecule has 0 aliphatic carbocycles. The van der Waals surface area contributed by atoms with Crippen molar-refractivity contribution < 1.29 is 4.79 Å². The number of halogens is 1. The average molecular weight is 328 g/mol. The molecule has 0 saturated carbocycles. The first kappa shape index (κ1) is 16.1. The van der Waals surface area contributed by atoms with E-state index in [2.05, 4.69) is 36.9 Å². The van der Waals surface area contributed by atoms with Crippen molar-refractivity contribution in [1.29, 1.82) is 0 Å². The molecule has 0 amide bonds. The van der Waals surface area contributed by atoms with Crippen LogP contribution in [0.2, 0.25) is 5.02 Å². The Labute approximate surface area is 143 Å². The fraction of sp³-hybridized carbons (Fsp3) is 0.350. The summed E-state index contributed by atoms with van der Waals surface area (Å²) in [4.78, 5) is 13.6. The molecule has 0 N–H and O–H groups in total. The van der Waals surface area contributed by atoms with E-state index < -0.39 is 0 Å². The third kappa shape index (κ3) is 2.88. The molecule has 1 aliphatic rings. The molecule has 0 atom stereocenters. The summed E-state index contributed by atoms with van der Waals surface area (Å²) in [6.45, 7) is 8.20. The number of para-hydroxylation sites is 1. The maximum Gasteiger partial charge on any atom is 0.150 e. The molecule has 2 aromatic rings. The van der Waals surface area contributed by atoms with Crippen molar-refractivity contribution in [3.63, 3.8) is 0 Å². The van der Waals surface area contributed by atoms with Gasteiger partial charge in [-0.1, -0.05) is 42.8 Å². The van der Waals surface area contributed by atoms with Crippen LogP contribution in [-0.4, -0.2) is 19.4 Å². The van der Waals surface area contributed by atoms with Gasteiger partial charge < -0.3 is 4.90 Å². The highest BCUT2D eigenvalue weighted by Crippen LogP contribution is 2.38. The lowest BCUT2D eigenvalue weighted by molar-refractivity contribution is 0.112. The van der Waals surface area contributed by atoms with E-state index >= 15 is 0 Å². The highest BCUT2D eigenvalue weighted by atomic mass is 35.5. The molecular formula is C20H22ClNO. The van der Waals surface area contributed by atoms with Gasteiger partial charge in [-0.2, -0.15) is 0 Å². The number of nitrogens with zero attached hydrogens (tertiary/aromatic N) is 1. The molecule has 0 unspecified atom stereocenters. The standard InChI is InChI=1S/C20H22ClNO/c1-4-15-9-16(8-14(3)18(15)12-23)17-10-22(11-17)20-13(2)6-5-7-19(20)21/h5-9,12,17H,4,10-11H2,1-3H3. The van der Waals surface area contributed by atoms with Crippen LogP contribution < -0.4 is 4.90 Å². The topological polar surface area (TPSA) is 20.3 Å². The van der Waals surface area contributed by atoms with E-state index in [1.165, 1.54) is 11.1 Å². The smallest absolute Gasteiger partial charge is 0.150 e. The highest BCUT2D eigenvalue weighted by Gasteiger charge is 2.30. The van der Waals surface area contributed by atoms with Gasteiger partial charge in [-0.3, -0.25) is 4.79 Å². The number of benzene rings is 2. The number of hydrogen-bond donors (Lipinski definition) is 0. The SMILES string of the molecule is CCc1cc(C2CN(c3c(C)cccc3Cl)C2)cc(C)c1C=O. The van der Waals surface area contributed by atoms with Gasteiger partial charge in [0, 0.05) is 24.6 Å². The van der Waals surface area contributed by atoms with Crippen LogP contribution in [0.3, 0.4) is 0 Å². The van der Waals surface area contributed by atoms with Gasteiger partial charge in [0.1, 0.15) is 0 Å². The molecule has 2 nitrogen and oxygen atoms in total. The molecule has 0 radical (unpaired) electrons. The quantitative estimate of drug-likeness (QED) is 0.742. The van der Waals surface area contributed by atoms with Crippen LogP contribution in [-0.2, 0) is 6.42 Å². The monoisotopic (exact) mass is 327 g/mol. The second-order valence-corrected chi connectivity index (χ2v) is 6.80. The van der Waals surface area contributed by atoms with Crippen LogP contribution >= 0.6 is 11.6 Å². The Bertz CT molecular complexity index is 727. The Hall–Kier alpha value is -1.80. The Morgan fingerprint density at radius 2 is 1.96 bits per heavy atom. The highest BCUT2D eigenvalue weighted by molar-refractivity contribution is 6.33. The maximum atomic E-state index is 11.3. The normalized spacial score (nSPS) is 14.7. The Kier molecular flexibility index (Phi) is 4.45. The zero-order chi connectivity index (χ0) is 16.6. The largest absolute Gasteiger partial charge is 0.369 e. The van der Waals surface area contributed by atoms with Crippen LogP contribution in [0.25, 0.3) is 0 Å². The first-order chi connectivity index (χ1) is 11.0. The number of anilines is 1. The molecule has 1 saturated heterocycles. The van der Waals surface area contributed by atoms with E-state index in [-0.39, 0.29) is 0 Å². The lowest BCUT2D eigenvalue weighted by Crippen LogP contribution is -2.45. The van der Waals surface area contributed by atoms with E-state index in [0.29, 0.717) is 5.92 Å². The van der Waals surface area contributed by atoms with Gasteiger partial charge in [-0.05, 0) is 48.6 Å². The molecule has 0 aromatic heterocycles. The third-order valence-electron chi connectivity index (χ3n) is 4.85. The van der Waals surface area contributed by atoms with Gasteiger partial charge in [0.25, 0.3) is 0 Å². The summed E-state index contributed by atoms with van der Waals surface area (Å²) in [5, 5.41) is 0.824. The summed E-state index contributed by atoms with van der Waals surface area (Å²) in [5.74, 6) is 0.510. The van der Waals surface area contributed by atoms with Crippen molar-refractivity contribution in [2.24, 2.45) is 0 Å². The lowest BCUT2D eigenvalue weighted by Gasteiger charge is -2.42. The Balaban J connectivity index is 1.82. The molecule has 23 heavy (non-hydrogen) atoms. The van der Waals surface area contributed by atoms with Crippen molar-refractivity contribution in [3.05, 3.63) is 63.2 Å². The molecular weight excluding hydrogens is 306 g/mol.